The first-order chi connectivity index (χ1) is 10.6. The van der Waals surface area contributed by atoms with Crippen molar-refractivity contribution in [1.29, 1.82) is 0 Å². The first kappa shape index (κ1) is 16.0. The third-order valence-corrected chi connectivity index (χ3v) is 3.36. The molecular weight excluding hydrogens is 280 g/mol. The monoisotopic (exact) mass is 302 g/mol. The lowest BCUT2D eigenvalue weighted by Gasteiger charge is -2.14. The SMILES string of the molecule is CC(C)C(O)CCNC(=O)Nc1cnn(-c2ccccc2)c1. The number of hydrogen-bond acceptors (Lipinski definition) is 3. The fraction of sp³-hybridized carbons (Fsp3) is 0.375. The Morgan fingerprint density at radius 3 is 2.73 bits per heavy atom. The summed E-state index contributed by atoms with van der Waals surface area (Å²) >= 11 is 0. The normalized spacial score (nSPS) is 12.2. The molecule has 0 aliphatic carbocycles. The molecule has 0 radical (unpaired) electrons. The summed E-state index contributed by atoms with van der Waals surface area (Å²) in [6, 6.07) is 9.36. The molecule has 6 heteroatoms. The van der Waals surface area contributed by atoms with Gasteiger partial charge in [0.25, 0.3) is 0 Å². The first-order valence-electron chi connectivity index (χ1n) is 7.39. The Morgan fingerprint density at radius 2 is 2.05 bits per heavy atom. The van der Waals surface area contributed by atoms with Gasteiger partial charge in [-0.3, -0.25) is 0 Å². The molecule has 0 saturated carbocycles. The van der Waals surface area contributed by atoms with Gasteiger partial charge in [0, 0.05) is 6.54 Å². The first-order valence-corrected chi connectivity index (χ1v) is 7.39. The van der Waals surface area contributed by atoms with E-state index >= 15 is 0 Å². The molecule has 22 heavy (non-hydrogen) atoms. The van der Waals surface area contributed by atoms with E-state index in [1.165, 1.54) is 0 Å². The van der Waals surface area contributed by atoms with Crippen molar-refractivity contribution < 1.29 is 9.90 Å². The van der Waals surface area contributed by atoms with E-state index in [4.69, 9.17) is 0 Å². The van der Waals surface area contributed by atoms with E-state index in [9.17, 15) is 9.90 Å². The minimum Gasteiger partial charge on any atom is -0.393 e. The number of aliphatic hydroxyl groups is 1. The van der Waals surface area contributed by atoms with Crippen LogP contribution in [0.5, 0.6) is 0 Å². The molecule has 0 spiro atoms. The van der Waals surface area contributed by atoms with E-state index in [-0.39, 0.29) is 11.9 Å². The molecule has 1 atom stereocenters. The lowest BCUT2D eigenvalue weighted by Crippen LogP contribution is -2.32. The molecule has 1 aromatic heterocycles. The van der Waals surface area contributed by atoms with Gasteiger partial charge < -0.3 is 15.7 Å². The lowest BCUT2D eigenvalue weighted by molar-refractivity contribution is 0.117. The maximum Gasteiger partial charge on any atom is 0.319 e. The number of hydrogen-bond donors (Lipinski definition) is 3. The Balaban J connectivity index is 1.82. The molecule has 1 unspecified atom stereocenters. The van der Waals surface area contributed by atoms with Gasteiger partial charge in [-0.2, -0.15) is 5.10 Å². The van der Waals surface area contributed by atoms with Crippen molar-refractivity contribution in [1.82, 2.24) is 15.1 Å². The van der Waals surface area contributed by atoms with E-state index in [2.05, 4.69) is 15.7 Å². The van der Waals surface area contributed by atoms with Crippen LogP contribution in [0.25, 0.3) is 5.69 Å². The van der Waals surface area contributed by atoms with Gasteiger partial charge in [-0.15, -0.1) is 0 Å². The third-order valence-electron chi connectivity index (χ3n) is 3.36. The Kier molecular flexibility index (Phi) is 5.55. The topological polar surface area (TPSA) is 79.2 Å². The number of rotatable bonds is 6. The number of para-hydroxylation sites is 1. The highest BCUT2D eigenvalue weighted by Crippen LogP contribution is 2.11. The Bertz CT molecular complexity index is 595. The van der Waals surface area contributed by atoms with E-state index in [0.29, 0.717) is 18.7 Å². The second kappa shape index (κ2) is 7.61. The van der Waals surface area contributed by atoms with Gasteiger partial charge in [0.1, 0.15) is 0 Å². The number of nitrogens with zero attached hydrogens (tertiary/aromatic N) is 2. The Morgan fingerprint density at radius 1 is 1.32 bits per heavy atom. The number of carbonyl (C=O) groups is 1. The van der Waals surface area contributed by atoms with E-state index in [1.807, 2.05) is 44.2 Å². The van der Waals surface area contributed by atoms with Gasteiger partial charge in [-0.25, -0.2) is 9.48 Å². The minimum atomic E-state index is -0.402. The van der Waals surface area contributed by atoms with Gasteiger partial charge in [0.2, 0.25) is 0 Å². The van der Waals surface area contributed by atoms with Crippen LogP contribution < -0.4 is 10.6 Å². The molecule has 2 amide bonds. The van der Waals surface area contributed by atoms with Crippen molar-refractivity contribution in [3.8, 4) is 5.69 Å². The summed E-state index contributed by atoms with van der Waals surface area (Å²) in [7, 11) is 0. The molecule has 118 valence electrons. The molecule has 2 rings (SSSR count). The van der Waals surface area contributed by atoms with Crippen LogP contribution in [0, 0.1) is 5.92 Å². The number of urea groups is 1. The summed E-state index contributed by atoms with van der Waals surface area (Å²) in [6.07, 6.45) is 3.48. The summed E-state index contributed by atoms with van der Waals surface area (Å²) in [6.45, 7) is 4.32. The summed E-state index contributed by atoms with van der Waals surface area (Å²) in [5.41, 5.74) is 1.54. The van der Waals surface area contributed by atoms with Crippen LogP contribution in [0.15, 0.2) is 42.7 Å². The van der Waals surface area contributed by atoms with Crippen molar-refractivity contribution in [3.63, 3.8) is 0 Å². The Labute approximate surface area is 130 Å². The van der Waals surface area contributed by atoms with Gasteiger partial charge in [0.15, 0.2) is 0 Å². The van der Waals surface area contributed by atoms with Crippen molar-refractivity contribution >= 4 is 11.7 Å². The average Bonchev–Trinajstić information content (AvgIpc) is 2.96. The van der Waals surface area contributed by atoms with Crippen molar-refractivity contribution in [2.75, 3.05) is 11.9 Å². The lowest BCUT2D eigenvalue weighted by atomic mass is 10.0. The van der Waals surface area contributed by atoms with E-state index in [0.717, 1.165) is 5.69 Å². The molecule has 3 N–H and O–H groups in total. The fourth-order valence-corrected chi connectivity index (χ4v) is 1.95. The highest BCUT2D eigenvalue weighted by atomic mass is 16.3. The summed E-state index contributed by atoms with van der Waals surface area (Å²) < 4.78 is 1.69. The number of aliphatic hydroxyl groups excluding tert-OH is 1. The number of aromatic nitrogens is 2. The molecule has 0 fully saturated rings. The number of anilines is 1. The average molecular weight is 302 g/mol. The molecule has 0 aliphatic rings. The molecule has 0 aliphatic heterocycles. The van der Waals surface area contributed by atoms with Crippen molar-refractivity contribution in [2.24, 2.45) is 5.92 Å². The molecular formula is C16H22N4O2. The zero-order valence-electron chi connectivity index (χ0n) is 12.9. The molecule has 1 aromatic carbocycles. The minimum absolute atomic E-state index is 0.189. The van der Waals surface area contributed by atoms with Crippen LogP contribution in [-0.4, -0.2) is 33.6 Å². The number of carbonyl (C=O) groups excluding carboxylic acids is 1. The molecule has 1 heterocycles. The zero-order valence-corrected chi connectivity index (χ0v) is 12.9. The van der Waals surface area contributed by atoms with Crippen LogP contribution in [0.1, 0.15) is 20.3 Å². The standard InChI is InChI=1S/C16H22N4O2/c1-12(2)15(21)8-9-17-16(22)19-13-10-18-20(11-13)14-6-4-3-5-7-14/h3-7,10-12,15,21H,8-9H2,1-2H3,(H2,17,19,22). The molecule has 0 bridgehead atoms. The van der Waals surface area contributed by atoms with Crippen LogP contribution in [0.2, 0.25) is 0 Å². The number of benzene rings is 1. The second-order valence-corrected chi connectivity index (χ2v) is 5.49. The van der Waals surface area contributed by atoms with Crippen LogP contribution in [0.3, 0.4) is 0 Å². The van der Waals surface area contributed by atoms with Crippen LogP contribution in [0.4, 0.5) is 10.5 Å². The highest BCUT2D eigenvalue weighted by molar-refractivity contribution is 5.88. The largest absolute Gasteiger partial charge is 0.393 e. The second-order valence-electron chi connectivity index (χ2n) is 5.49. The third kappa shape index (κ3) is 4.60. The Hall–Kier alpha value is -2.34. The van der Waals surface area contributed by atoms with Crippen LogP contribution in [-0.2, 0) is 0 Å². The fourth-order valence-electron chi connectivity index (χ4n) is 1.95. The predicted octanol–water partition coefficient (Wildman–Crippen LogP) is 2.40. The maximum atomic E-state index is 11.8. The van der Waals surface area contributed by atoms with E-state index < -0.39 is 6.10 Å². The smallest absolute Gasteiger partial charge is 0.319 e. The van der Waals surface area contributed by atoms with Gasteiger partial charge in [-0.1, -0.05) is 32.0 Å². The summed E-state index contributed by atoms with van der Waals surface area (Å²) in [5, 5.41) is 19.3. The number of nitrogens with one attached hydrogen (secondary N) is 2. The van der Waals surface area contributed by atoms with Gasteiger partial charge in [-0.05, 0) is 24.5 Å². The van der Waals surface area contributed by atoms with E-state index in [1.54, 1.807) is 17.1 Å². The predicted molar refractivity (Wildman–Crippen MR) is 86.0 cm³/mol. The number of amides is 2. The van der Waals surface area contributed by atoms with Crippen molar-refractivity contribution in [3.05, 3.63) is 42.7 Å². The highest BCUT2D eigenvalue weighted by Gasteiger charge is 2.10. The van der Waals surface area contributed by atoms with Gasteiger partial charge >= 0.3 is 6.03 Å². The zero-order chi connectivity index (χ0) is 15.9. The molecule has 2 aromatic rings. The molecule has 6 nitrogen and oxygen atoms in total. The summed E-state index contributed by atoms with van der Waals surface area (Å²) in [5.74, 6) is 0.189. The maximum absolute atomic E-state index is 11.8. The summed E-state index contributed by atoms with van der Waals surface area (Å²) in [4.78, 5) is 11.8. The van der Waals surface area contributed by atoms with Crippen molar-refractivity contribution in [2.45, 2.75) is 26.4 Å². The van der Waals surface area contributed by atoms with Crippen LogP contribution >= 0.6 is 0 Å². The van der Waals surface area contributed by atoms with Gasteiger partial charge in [0.05, 0.1) is 29.9 Å². The quantitative estimate of drug-likeness (QED) is 0.766. The molecule has 0 saturated heterocycles.